The number of nitrogens with zero attached hydrogens (tertiary/aromatic N) is 1. The highest BCUT2D eigenvalue weighted by Gasteiger charge is 2.11. The Kier molecular flexibility index (Phi) is 4.94. The van der Waals surface area contributed by atoms with Gasteiger partial charge in [-0.2, -0.15) is 0 Å². The number of hydrogen-bond donors (Lipinski definition) is 1. The number of carbonyl (C=O) groups is 2. The Morgan fingerprint density at radius 3 is 2.54 bits per heavy atom. The summed E-state index contributed by atoms with van der Waals surface area (Å²) >= 11 is 8.69. The van der Waals surface area contributed by atoms with E-state index in [2.05, 4.69) is 10.3 Å². The number of benzene rings is 1. The predicted molar refractivity (Wildman–Crippen MR) is 96.1 cm³/mol. The summed E-state index contributed by atoms with van der Waals surface area (Å²) in [5, 5.41) is 5.11. The number of nitrogens with one attached hydrogen (secondary N) is 1. The zero-order valence-corrected chi connectivity index (χ0v) is 14.8. The highest BCUT2D eigenvalue weighted by Crippen LogP contribution is 2.32. The second kappa shape index (κ2) is 7.12. The molecule has 0 atom stereocenters. The number of anilines is 1. The molecule has 0 aliphatic heterocycles. The summed E-state index contributed by atoms with van der Waals surface area (Å²) in [5.74, 6) is -0.296. The highest BCUT2D eigenvalue weighted by molar-refractivity contribution is 7.20. The van der Waals surface area contributed by atoms with Gasteiger partial charge in [-0.05, 0) is 36.4 Å². The van der Waals surface area contributed by atoms with Crippen LogP contribution in [-0.2, 0) is 4.79 Å². The molecule has 122 valence electrons. The number of carbonyl (C=O) groups excluding carboxylic acids is 2. The molecule has 0 unspecified atom stereocenters. The number of hydrogen-bond acceptors (Lipinski definition) is 6. The number of amides is 1. The summed E-state index contributed by atoms with van der Waals surface area (Å²) in [6, 6.07) is 10.0. The third-order valence-corrected chi connectivity index (χ3v) is 4.94. The fourth-order valence-electron chi connectivity index (χ4n) is 1.91. The van der Waals surface area contributed by atoms with Crippen LogP contribution in [0.3, 0.4) is 0 Å². The molecule has 2 heterocycles. The second-order valence-electron chi connectivity index (χ2n) is 4.71. The van der Waals surface area contributed by atoms with Crippen molar-refractivity contribution >= 4 is 51.3 Å². The van der Waals surface area contributed by atoms with Crippen LogP contribution in [0.1, 0.15) is 17.3 Å². The Morgan fingerprint density at radius 2 is 1.92 bits per heavy atom. The van der Waals surface area contributed by atoms with E-state index in [1.807, 2.05) is 17.5 Å². The van der Waals surface area contributed by atoms with Gasteiger partial charge in [-0.15, -0.1) is 22.7 Å². The van der Waals surface area contributed by atoms with Crippen molar-refractivity contribution in [2.24, 2.45) is 0 Å². The standard InChI is InChI=1S/C16H11ClN2O3S2/c1-9(20)22-11-4-2-10(3-5-11)15(21)19-16-18-12(8-23-16)13-6-7-14(17)24-13/h2-8H,1H3,(H,18,19,21). The first-order chi connectivity index (χ1) is 11.5. The van der Waals surface area contributed by atoms with Gasteiger partial charge in [0, 0.05) is 17.9 Å². The minimum absolute atomic E-state index is 0.283. The maximum absolute atomic E-state index is 12.2. The van der Waals surface area contributed by atoms with E-state index < -0.39 is 5.97 Å². The van der Waals surface area contributed by atoms with Crippen molar-refractivity contribution in [2.45, 2.75) is 6.92 Å². The van der Waals surface area contributed by atoms with Gasteiger partial charge >= 0.3 is 5.97 Å². The van der Waals surface area contributed by atoms with Crippen LogP contribution in [0.4, 0.5) is 5.13 Å². The molecule has 1 N–H and O–H groups in total. The lowest BCUT2D eigenvalue weighted by Gasteiger charge is -2.04. The third kappa shape index (κ3) is 4.00. The normalized spacial score (nSPS) is 10.4. The lowest BCUT2D eigenvalue weighted by atomic mass is 10.2. The molecule has 0 aliphatic rings. The van der Waals surface area contributed by atoms with Gasteiger partial charge in [0.25, 0.3) is 5.91 Å². The highest BCUT2D eigenvalue weighted by atomic mass is 35.5. The molecule has 3 rings (SSSR count). The fraction of sp³-hybridized carbons (Fsp3) is 0.0625. The molecule has 0 radical (unpaired) electrons. The van der Waals surface area contributed by atoms with E-state index in [1.54, 1.807) is 24.3 Å². The first-order valence-electron chi connectivity index (χ1n) is 6.82. The molecule has 1 aromatic carbocycles. The molecule has 0 spiro atoms. The summed E-state index contributed by atoms with van der Waals surface area (Å²) in [4.78, 5) is 28.4. The second-order valence-corrected chi connectivity index (χ2v) is 7.29. The maximum atomic E-state index is 12.2. The number of ether oxygens (including phenoxy) is 1. The number of aromatic nitrogens is 1. The van der Waals surface area contributed by atoms with Crippen molar-refractivity contribution in [2.75, 3.05) is 5.32 Å². The van der Waals surface area contributed by atoms with Crippen LogP contribution in [0.25, 0.3) is 10.6 Å². The zero-order valence-electron chi connectivity index (χ0n) is 12.4. The molecule has 0 fully saturated rings. The summed E-state index contributed by atoms with van der Waals surface area (Å²) in [6.45, 7) is 1.32. The van der Waals surface area contributed by atoms with E-state index in [4.69, 9.17) is 16.3 Å². The van der Waals surface area contributed by atoms with Gasteiger partial charge in [-0.3, -0.25) is 14.9 Å². The van der Waals surface area contributed by atoms with E-state index in [9.17, 15) is 9.59 Å². The fourth-order valence-corrected chi connectivity index (χ4v) is 3.69. The van der Waals surface area contributed by atoms with E-state index in [0.717, 1.165) is 10.6 Å². The molecule has 24 heavy (non-hydrogen) atoms. The molecule has 1 amide bonds. The summed E-state index contributed by atoms with van der Waals surface area (Å²) in [5.41, 5.74) is 1.22. The molecule has 2 aromatic heterocycles. The van der Waals surface area contributed by atoms with E-state index in [0.29, 0.717) is 20.8 Å². The van der Waals surface area contributed by atoms with Gasteiger partial charge in [0.1, 0.15) is 5.75 Å². The van der Waals surface area contributed by atoms with E-state index in [-0.39, 0.29) is 5.91 Å². The number of esters is 1. The van der Waals surface area contributed by atoms with Crippen LogP contribution in [0.15, 0.2) is 41.8 Å². The van der Waals surface area contributed by atoms with E-state index in [1.165, 1.54) is 29.6 Å². The zero-order chi connectivity index (χ0) is 17.1. The quantitative estimate of drug-likeness (QED) is 0.527. The van der Waals surface area contributed by atoms with Crippen LogP contribution >= 0.6 is 34.3 Å². The van der Waals surface area contributed by atoms with Crippen LogP contribution in [0.2, 0.25) is 4.34 Å². The molecule has 8 heteroatoms. The van der Waals surface area contributed by atoms with Crippen molar-refractivity contribution in [1.82, 2.24) is 4.98 Å². The van der Waals surface area contributed by atoms with Crippen LogP contribution < -0.4 is 10.1 Å². The first kappa shape index (κ1) is 16.6. The molecule has 5 nitrogen and oxygen atoms in total. The smallest absolute Gasteiger partial charge is 0.308 e. The third-order valence-electron chi connectivity index (χ3n) is 2.93. The van der Waals surface area contributed by atoms with Crippen molar-refractivity contribution in [1.29, 1.82) is 0 Å². The summed E-state index contributed by atoms with van der Waals surface area (Å²) < 4.78 is 5.62. The van der Waals surface area contributed by atoms with Gasteiger partial charge in [0.2, 0.25) is 0 Å². The Morgan fingerprint density at radius 1 is 1.17 bits per heavy atom. The van der Waals surface area contributed by atoms with Crippen molar-refractivity contribution in [3.63, 3.8) is 0 Å². The average molecular weight is 379 g/mol. The Hall–Kier alpha value is -2.22. The van der Waals surface area contributed by atoms with Gasteiger partial charge in [-0.1, -0.05) is 11.6 Å². The lowest BCUT2D eigenvalue weighted by Crippen LogP contribution is -2.11. The van der Waals surface area contributed by atoms with Gasteiger partial charge in [-0.25, -0.2) is 4.98 Å². The largest absolute Gasteiger partial charge is 0.427 e. The summed E-state index contributed by atoms with van der Waals surface area (Å²) in [6.07, 6.45) is 0. The topological polar surface area (TPSA) is 68.3 Å². The van der Waals surface area contributed by atoms with Crippen molar-refractivity contribution < 1.29 is 14.3 Å². The van der Waals surface area contributed by atoms with Crippen molar-refractivity contribution in [3.8, 4) is 16.3 Å². The van der Waals surface area contributed by atoms with Gasteiger partial charge in [0.15, 0.2) is 5.13 Å². The molecular formula is C16H11ClN2O3S2. The number of thiophene rings is 1. The molecular weight excluding hydrogens is 368 g/mol. The minimum Gasteiger partial charge on any atom is -0.427 e. The summed E-state index contributed by atoms with van der Waals surface area (Å²) in [7, 11) is 0. The van der Waals surface area contributed by atoms with Crippen LogP contribution in [0.5, 0.6) is 5.75 Å². The number of halogens is 1. The molecule has 0 saturated heterocycles. The van der Waals surface area contributed by atoms with E-state index >= 15 is 0 Å². The number of thiazole rings is 1. The van der Waals surface area contributed by atoms with Gasteiger partial charge < -0.3 is 4.74 Å². The maximum Gasteiger partial charge on any atom is 0.308 e. The Labute approximate surface area is 150 Å². The minimum atomic E-state index is -0.406. The van der Waals surface area contributed by atoms with Crippen molar-refractivity contribution in [3.05, 3.63) is 51.7 Å². The first-order valence-corrected chi connectivity index (χ1v) is 8.90. The SMILES string of the molecule is CC(=O)Oc1ccc(C(=O)Nc2nc(-c3ccc(Cl)s3)cs2)cc1. The molecule has 0 bridgehead atoms. The number of rotatable bonds is 4. The Bertz CT molecular complexity index is 887. The monoisotopic (exact) mass is 378 g/mol. The van der Waals surface area contributed by atoms with Gasteiger partial charge in [0.05, 0.1) is 14.9 Å². The molecule has 0 saturated carbocycles. The average Bonchev–Trinajstić information content (AvgIpc) is 3.16. The Balaban J connectivity index is 1.68. The van der Waals surface area contributed by atoms with Crippen LogP contribution in [-0.4, -0.2) is 16.9 Å². The van der Waals surface area contributed by atoms with Crippen LogP contribution in [0, 0.1) is 0 Å². The molecule has 3 aromatic rings. The predicted octanol–water partition coefficient (Wildman–Crippen LogP) is 4.70. The lowest BCUT2D eigenvalue weighted by molar-refractivity contribution is -0.131. The molecule has 0 aliphatic carbocycles.